The molecule has 1 rings (SSSR count). The maximum atomic E-state index is 12.4. The van der Waals surface area contributed by atoms with Crippen molar-refractivity contribution in [3.05, 3.63) is 26.6 Å². The van der Waals surface area contributed by atoms with Crippen LogP contribution in [0.15, 0.2) is 6.07 Å². The summed E-state index contributed by atoms with van der Waals surface area (Å²) in [6, 6.07) is 2.27. The van der Waals surface area contributed by atoms with E-state index in [4.69, 9.17) is 5.26 Å². The van der Waals surface area contributed by atoms with E-state index in [0.29, 0.717) is 0 Å². The van der Waals surface area contributed by atoms with Gasteiger partial charge in [-0.25, -0.2) is 13.8 Å². The summed E-state index contributed by atoms with van der Waals surface area (Å²) >= 11 is 1.32. The minimum absolute atomic E-state index is 0.327. The van der Waals surface area contributed by atoms with E-state index in [9.17, 15) is 22.0 Å². The summed E-state index contributed by atoms with van der Waals surface area (Å²) < 4.78 is 61.7. The van der Waals surface area contributed by atoms with Crippen molar-refractivity contribution in [3.63, 3.8) is 0 Å². The van der Waals surface area contributed by atoms with E-state index in [-0.39, 0.29) is 3.57 Å². The standard InChI is InChI=1S/C8H2F5IN2/c9-7(10)5-4(14)1-3(2-15)16-6(5)8(11,12)13/h1,7H. The summed E-state index contributed by atoms with van der Waals surface area (Å²) in [5, 5.41) is 8.41. The van der Waals surface area contributed by atoms with Crippen LogP contribution in [0.3, 0.4) is 0 Å². The second-order valence-electron chi connectivity index (χ2n) is 2.66. The zero-order valence-electron chi connectivity index (χ0n) is 7.32. The van der Waals surface area contributed by atoms with Crippen LogP contribution in [0.4, 0.5) is 22.0 Å². The number of aromatic nitrogens is 1. The number of hydrogen-bond donors (Lipinski definition) is 0. The normalized spacial score (nSPS) is 11.6. The lowest BCUT2D eigenvalue weighted by molar-refractivity contribution is -0.143. The van der Waals surface area contributed by atoms with Crippen molar-refractivity contribution in [3.8, 4) is 6.07 Å². The van der Waals surface area contributed by atoms with E-state index >= 15 is 0 Å². The van der Waals surface area contributed by atoms with Gasteiger partial charge in [0.25, 0.3) is 6.43 Å². The van der Waals surface area contributed by atoms with Crippen molar-refractivity contribution >= 4 is 22.6 Å². The summed E-state index contributed by atoms with van der Waals surface area (Å²) in [5.74, 6) is 0. The molecule has 1 aromatic rings. The Hall–Kier alpha value is -0.980. The topological polar surface area (TPSA) is 36.7 Å². The predicted octanol–water partition coefficient (Wildman–Crippen LogP) is 3.51. The van der Waals surface area contributed by atoms with Crippen molar-refractivity contribution in [1.29, 1.82) is 5.26 Å². The Bertz CT molecular complexity index is 449. The largest absolute Gasteiger partial charge is 0.433 e. The number of pyridine rings is 1. The molecule has 0 aromatic carbocycles. The smallest absolute Gasteiger partial charge is 0.232 e. The molecule has 1 aromatic heterocycles. The van der Waals surface area contributed by atoms with Gasteiger partial charge >= 0.3 is 6.18 Å². The molecule has 8 heteroatoms. The molecule has 1 heterocycles. The van der Waals surface area contributed by atoms with Gasteiger partial charge in [-0.05, 0) is 28.7 Å². The molecule has 0 radical (unpaired) electrons. The summed E-state index contributed by atoms with van der Waals surface area (Å²) in [7, 11) is 0. The van der Waals surface area contributed by atoms with Crippen molar-refractivity contribution in [2.24, 2.45) is 0 Å². The van der Waals surface area contributed by atoms with Crippen LogP contribution in [0.1, 0.15) is 23.4 Å². The highest BCUT2D eigenvalue weighted by Gasteiger charge is 2.39. The highest BCUT2D eigenvalue weighted by Crippen LogP contribution is 2.37. The lowest BCUT2D eigenvalue weighted by atomic mass is 10.1. The van der Waals surface area contributed by atoms with E-state index in [1.165, 1.54) is 28.7 Å². The molecule has 0 N–H and O–H groups in total. The van der Waals surface area contributed by atoms with Crippen LogP contribution in [0.25, 0.3) is 0 Å². The van der Waals surface area contributed by atoms with Crippen molar-refractivity contribution in [2.45, 2.75) is 12.6 Å². The van der Waals surface area contributed by atoms with Crippen LogP contribution < -0.4 is 0 Å². The number of nitriles is 1. The third kappa shape index (κ3) is 2.58. The summed E-state index contributed by atoms with van der Waals surface area (Å²) in [4.78, 5) is 2.87. The highest BCUT2D eigenvalue weighted by atomic mass is 127. The molecule has 0 aliphatic rings. The number of halogens is 6. The quantitative estimate of drug-likeness (QED) is 0.575. The zero-order chi connectivity index (χ0) is 12.5. The van der Waals surface area contributed by atoms with Crippen LogP contribution in [-0.4, -0.2) is 4.98 Å². The molecule has 2 nitrogen and oxygen atoms in total. The number of nitrogens with zero attached hydrogens (tertiary/aromatic N) is 2. The van der Waals surface area contributed by atoms with Gasteiger partial charge in [-0.2, -0.15) is 18.4 Å². The molecule has 0 saturated carbocycles. The number of hydrogen-bond acceptors (Lipinski definition) is 2. The minimum Gasteiger partial charge on any atom is -0.232 e. The lowest BCUT2D eigenvalue weighted by Gasteiger charge is -2.12. The Balaban J connectivity index is 3.55. The van der Waals surface area contributed by atoms with E-state index in [2.05, 4.69) is 4.98 Å². The van der Waals surface area contributed by atoms with Gasteiger partial charge in [-0.3, -0.25) is 0 Å². The molecule has 0 aliphatic heterocycles. The van der Waals surface area contributed by atoms with Gasteiger partial charge in [0.1, 0.15) is 11.8 Å². The fourth-order valence-electron chi connectivity index (χ4n) is 1.00. The van der Waals surface area contributed by atoms with Gasteiger partial charge in [0.05, 0.1) is 5.56 Å². The molecular weight excluding hydrogens is 346 g/mol. The number of rotatable bonds is 1. The fraction of sp³-hybridized carbons (Fsp3) is 0.250. The summed E-state index contributed by atoms with van der Waals surface area (Å²) in [5.41, 5.74) is -3.43. The number of alkyl halides is 5. The van der Waals surface area contributed by atoms with Crippen LogP contribution in [0, 0.1) is 14.9 Å². The van der Waals surface area contributed by atoms with Crippen molar-refractivity contribution < 1.29 is 22.0 Å². The maximum absolute atomic E-state index is 12.4. The zero-order valence-corrected chi connectivity index (χ0v) is 9.47. The molecule has 0 bridgehead atoms. The third-order valence-corrected chi connectivity index (χ3v) is 2.50. The first-order valence-corrected chi connectivity index (χ1v) is 4.81. The first-order valence-electron chi connectivity index (χ1n) is 3.73. The van der Waals surface area contributed by atoms with Gasteiger partial charge in [0.2, 0.25) is 0 Å². The Labute approximate surface area is 100 Å². The van der Waals surface area contributed by atoms with E-state index in [0.717, 1.165) is 6.07 Å². The monoisotopic (exact) mass is 348 g/mol. The molecule has 0 fully saturated rings. The second-order valence-corrected chi connectivity index (χ2v) is 3.82. The van der Waals surface area contributed by atoms with Gasteiger partial charge in [0.15, 0.2) is 5.69 Å². The molecular formula is C8H2F5IN2. The molecule has 86 valence electrons. The minimum atomic E-state index is -5.00. The molecule has 0 aliphatic carbocycles. The van der Waals surface area contributed by atoms with E-state index < -0.39 is 29.6 Å². The van der Waals surface area contributed by atoms with Gasteiger partial charge in [-0.15, -0.1) is 0 Å². The first kappa shape index (κ1) is 13.1. The summed E-state index contributed by atoms with van der Waals surface area (Å²) in [6.45, 7) is 0. The lowest BCUT2D eigenvalue weighted by Crippen LogP contribution is -2.15. The van der Waals surface area contributed by atoms with Gasteiger partial charge in [-0.1, -0.05) is 0 Å². The first-order chi connectivity index (χ1) is 7.27. The van der Waals surface area contributed by atoms with Crippen LogP contribution in [0.5, 0.6) is 0 Å². The fourth-order valence-corrected chi connectivity index (χ4v) is 1.79. The molecule has 16 heavy (non-hydrogen) atoms. The highest BCUT2D eigenvalue weighted by molar-refractivity contribution is 14.1. The third-order valence-electron chi connectivity index (χ3n) is 1.61. The predicted molar refractivity (Wildman–Crippen MR) is 51.6 cm³/mol. The Morgan fingerprint density at radius 2 is 1.94 bits per heavy atom. The van der Waals surface area contributed by atoms with Gasteiger partial charge < -0.3 is 0 Å². The average Bonchev–Trinajstić information content (AvgIpc) is 2.14. The molecule has 0 saturated heterocycles. The molecule has 0 unspecified atom stereocenters. The van der Waals surface area contributed by atoms with Crippen LogP contribution in [0.2, 0.25) is 0 Å². The molecule has 0 atom stereocenters. The maximum Gasteiger partial charge on any atom is 0.433 e. The second kappa shape index (κ2) is 4.48. The van der Waals surface area contributed by atoms with Crippen molar-refractivity contribution in [2.75, 3.05) is 0 Å². The summed E-state index contributed by atoms with van der Waals surface area (Å²) in [6.07, 6.45) is -8.29. The van der Waals surface area contributed by atoms with Crippen molar-refractivity contribution in [1.82, 2.24) is 4.98 Å². The van der Waals surface area contributed by atoms with E-state index in [1.807, 2.05) is 0 Å². The average molecular weight is 348 g/mol. The molecule has 0 amide bonds. The Morgan fingerprint density at radius 1 is 1.38 bits per heavy atom. The van der Waals surface area contributed by atoms with Crippen LogP contribution in [-0.2, 0) is 6.18 Å². The Morgan fingerprint density at radius 3 is 2.31 bits per heavy atom. The van der Waals surface area contributed by atoms with E-state index in [1.54, 1.807) is 0 Å². The SMILES string of the molecule is N#Cc1cc(I)c(C(F)F)c(C(F)(F)F)n1. The van der Waals surface area contributed by atoms with Gasteiger partial charge in [0, 0.05) is 3.57 Å². The van der Waals surface area contributed by atoms with Crippen LogP contribution >= 0.6 is 22.6 Å². The Kier molecular flexibility index (Phi) is 3.67. The molecule has 0 spiro atoms.